The summed E-state index contributed by atoms with van der Waals surface area (Å²) in [7, 11) is -3.57. The number of carbonyl (C=O) groups is 1. The summed E-state index contributed by atoms with van der Waals surface area (Å²) in [6.45, 7) is 4.03. The summed E-state index contributed by atoms with van der Waals surface area (Å²) in [5.41, 5.74) is 4.66. The van der Waals surface area contributed by atoms with Gasteiger partial charge in [-0.15, -0.1) is 11.3 Å². The van der Waals surface area contributed by atoms with E-state index in [9.17, 15) is 13.2 Å². The first-order chi connectivity index (χ1) is 13.2. The molecule has 1 aromatic heterocycles. The number of aryl methyl sites for hydroxylation is 2. The zero-order chi connectivity index (χ0) is 20.3. The molecule has 3 aromatic rings. The predicted octanol–water partition coefficient (Wildman–Crippen LogP) is 4.74. The second-order valence-electron chi connectivity index (χ2n) is 6.56. The second kappa shape index (κ2) is 8.55. The molecule has 0 bridgehead atoms. The van der Waals surface area contributed by atoms with E-state index in [0.29, 0.717) is 10.7 Å². The Balaban J connectivity index is 1.65. The minimum Gasteiger partial charge on any atom is -0.301 e. The lowest BCUT2D eigenvalue weighted by Crippen LogP contribution is -2.23. The van der Waals surface area contributed by atoms with Gasteiger partial charge in [0, 0.05) is 15.4 Å². The van der Waals surface area contributed by atoms with Crippen molar-refractivity contribution in [1.29, 1.82) is 0 Å². The third kappa shape index (κ3) is 5.50. The van der Waals surface area contributed by atoms with Gasteiger partial charge in [0.2, 0.25) is 5.91 Å². The van der Waals surface area contributed by atoms with E-state index in [1.807, 2.05) is 31.4 Å². The highest BCUT2D eigenvalue weighted by atomic mass is 79.9. The highest BCUT2D eigenvalue weighted by molar-refractivity contribution is 9.10. The molecule has 146 valence electrons. The second-order valence-corrected chi connectivity index (χ2v) is 10.4. The number of halogens is 1. The molecule has 0 aliphatic heterocycles. The fourth-order valence-corrected chi connectivity index (χ4v) is 5.06. The van der Waals surface area contributed by atoms with Crippen molar-refractivity contribution in [2.45, 2.75) is 19.6 Å². The third-order valence-corrected chi connectivity index (χ3v) is 6.82. The standard InChI is InChI=1S/C20H19BrN2O3S2/c1-13-3-8-17(14(2)9-13)18-10-27-20(22-18)23-19(24)12-28(25,26)11-15-4-6-16(21)7-5-15/h3-10H,11-12H2,1-2H3,(H,22,23,24). The smallest absolute Gasteiger partial charge is 0.241 e. The van der Waals surface area contributed by atoms with Crippen molar-refractivity contribution in [3.63, 3.8) is 0 Å². The molecule has 0 saturated carbocycles. The number of hydrogen-bond acceptors (Lipinski definition) is 5. The Labute approximate surface area is 176 Å². The number of rotatable bonds is 6. The summed E-state index contributed by atoms with van der Waals surface area (Å²) in [6.07, 6.45) is 0. The van der Waals surface area contributed by atoms with Crippen LogP contribution in [0.5, 0.6) is 0 Å². The van der Waals surface area contributed by atoms with Crippen molar-refractivity contribution in [3.8, 4) is 11.3 Å². The van der Waals surface area contributed by atoms with Crippen molar-refractivity contribution < 1.29 is 13.2 Å². The zero-order valence-electron chi connectivity index (χ0n) is 15.4. The van der Waals surface area contributed by atoms with E-state index in [0.717, 1.165) is 21.3 Å². The number of nitrogens with one attached hydrogen (secondary N) is 1. The van der Waals surface area contributed by atoms with E-state index in [1.54, 1.807) is 24.3 Å². The fraction of sp³-hybridized carbons (Fsp3) is 0.200. The molecule has 3 rings (SSSR count). The lowest BCUT2D eigenvalue weighted by Gasteiger charge is -2.05. The normalized spacial score (nSPS) is 11.4. The Bertz CT molecular complexity index is 1110. The average molecular weight is 479 g/mol. The van der Waals surface area contributed by atoms with Gasteiger partial charge < -0.3 is 5.32 Å². The number of carbonyl (C=O) groups excluding carboxylic acids is 1. The van der Waals surface area contributed by atoms with Crippen LogP contribution in [0.1, 0.15) is 16.7 Å². The predicted molar refractivity (Wildman–Crippen MR) is 117 cm³/mol. The van der Waals surface area contributed by atoms with Gasteiger partial charge in [-0.05, 0) is 37.1 Å². The molecule has 5 nitrogen and oxygen atoms in total. The van der Waals surface area contributed by atoms with Gasteiger partial charge in [-0.25, -0.2) is 13.4 Å². The van der Waals surface area contributed by atoms with Crippen LogP contribution >= 0.6 is 27.3 Å². The van der Waals surface area contributed by atoms with Gasteiger partial charge in [-0.2, -0.15) is 0 Å². The molecule has 0 aliphatic rings. The highest BCUT2D eigenvalue weighted by Gasteiger charge is 2.19. The van der Waals surface area contributed by atoms with E-state index >= 15 is 0 Å². The number of nitrogens with zero attached hydrogens (tertiary/aromatic N) is 1. The Morgan fingerprint density at radius 3 is 2.54 bits per heavy atom. The Morgan fingerprint density at radius 1 is 1.14 bits per heavy atom. The van der Waals surface area contributed by atoms with Crippen LogP contribution in [0.15, 0.2) is 52.3 Å². The van der Waals surface area contributed by atoms with Crippen LogP contribution < -0.4 is 5.32 Å². The molecule has 1 amide bonds. The molecular formula is C20H19BrN2O3S2. The summed E-state index contributed by atoms with van der Waals surface area (Å²) in [5, 5.41) is 4.83. The van der Waals surface area contributed by atoms with Crippen molar-refractivity contribution >= 4 is 48.1 Å². The van der Waals surface area contributed by atoms with Crippen LogP contribution in [-0.2, 0) is 20.4 Å². The van der Waals surface area contributed by atoms with Crippen molar-refractivity contribution in [3.05, 3.63) is 69.0 Å². The molecule has 0 aliphatic carbocycles. The number of hydrogen-bond donors (Lipinski definition) is 1. The Morgan fingerprint density at radius 2 is 1.86 bits per heavy atom. The number of sulfone groups is 1. The van der Waals surface area contributed by atoms with Gasteiger partial charge in [0.15, 0.2) is 15.0 Å². The van der Waals surface area contributed by atoms with Crippen LogP contribution in [0.3, 0.4) is 0 Å². The molecule has 0 saturated heterocycles. The maximum absolute atomic E-state index is 12.3. The number of benzene rings is 2. The van der Waals surface area contributed by atoms with E-state index in [-0.39, 0.29) is 5.75 Å². The summed E-state index contributed by atoms with van der Waals surface area (Å²) in [4.78, 5) is 16.6. The third-order valence-electron chi connectivity index (χ3n) is 4.06. The number of anilines is 1. The molecule has 2 aromatic carbocycles. The van der Waals surface area contributed by atoms with E-state index in [4.69, 9.17) is 0 Å². The number of thiazole rings is 1. The molecule has 0 fully saturated rings. The molecular weight excluding hydrogens is 460 g/mol. The molecule has 0 atom stereocenters. The lowest BCUT2D eigenvalue weighted by atomic mass is 10.0. The topological polar surface area (TPSA) is 76.1 Å². The molecule has 0 radical (unpaired) electrons. The Hall–Kier alpha value is -2.03. The summed E-state index contributed by atoms with van der Waals surface area (Å²) < 4.78 is 25.5. The first-order valence-corrected chi connectivity index (χ1v) is 12.0. The molecule has 28 heavy (non-hydrogen) atoms. The van der Waals surface area contributed by atoms with E-state index in [2.05, 4.69) is 32.3 Å². The fourth-order valence-electron chi connectivity index (χ4n) is 2.80. The maximum Gasteiger partial charge on any atom is 0.241 e. The minimum atomic E-state index is -3.57. The summed E-state index contributed by atoms with van der Waals surface area (Å²) in [6, 6.07) is 13.1. The van der Waals surface area contributed by atoms with Crippen LogP contribution in [0.4, 0.5) is 5.13 Å². The van der Waals surface area contributed by atoms with Gasteiger partial charge in [0.25, 0.3) is 0 Å². The Kier molecular flexibility index (Phi) is 6.32. The molecule has 0 unspecified atom stereocenters. The van der Waals surface area contributed by atoms with Crippen molar-refractivity contribution in [1.82, 2.24) is 4.98 Å². The van der Waals surface area contributed by atoms with Gasteiger partial charge in [-0.3, -0.25) is 4.79 Å². The summed E-state index contributed by atoms with van der Waals surface area (Å²) in [5.74, 6) is -1.35. The van der Waals surface area contributed by atoms with Gasteiger partial charge in [0.1, 0.15) is 5.75 Å². The van der Waals surface area contributed by atoms with Crippen molar-refractivity contribution in [2.24, 2.45) is 0 Å². The SMILES string of the molecule is Cc1ccc(-c2csc(NC(=O)CS(=O)(=O)Cc3ccc(Br)cc3)n2)c(C)c1. The largest absolute Gasteiger partial charge is 0.301 e. The lowest BCUT2D eigenvalue weighted by molar-refractivity contribution is -0.113. The van der Waals surface area contributed by atoms with E-state index in [1.165, 1.54) is 16.9 Å². The first-order valence-electron chi connectivity index (χ1n) is 8.50. The monoisotopic (exact) mass is 478 g/mol. The average Bonchev–Trinajstić information content (AvgIpc) is 3.04. The molecule has 0 spiro atoms. The van der Waals surface area contributed by atoms with Crippen LogP contribution in [0.25, 0.3) is 11.3 Å². The van der Waals surface area contributed by atoms with Crippen molar-refractivity contribution in [2.75, 3.05) is 11.1 Å². The number of aromatic nitrogens is 1. The van der Waals surface area contributed by atoms with Gasteiger partial charge in [-0.1, -0.05) is 51.8 Å². The van der Waals surface area contributed by atoms with Crippen LogP contribution in [0, 0.1) is 13.8 Å². The van der Waals surface area contributed by atoms with Crippen LogP contribution in [0.2, 0.25) is 0 Å². The van der Waals surface area contributed by atoms with Crippen LogP contribution in [-0.4, -0.2) is 25.1 Å². The first kappa shape index (κ1) is 20.7. The number of amides is 1. The highest BCUT2D eigenvalue weighted by Crippen LogP contribution is 2.28. The summed E-state index contributed by atoms with van der Waals surface area (Å²) >= 11 is 4.58. The van der Waals surface area contributed by atoms with Gasteiger partial charge in [0.05, 0.1) is 11.4 Å². The molecule has 1 heterocycles. The minimum absolute atomic E-state index is 0.181. The zero-order valence-corrected chi connectivity index (χ0v) is 18.6. The molecule has 1 N–H and O–H groups in total. The van der Waals surface area contributed by atoms with Gasteiger partial charge >= 0.3 is 0 Å². The maximum atomic E-state index is 12.3. The quantitative estimate of drug-likeness (QED) is 0.554. The molecule has 8 heteroatoms. The van der Waals surface area contributed by atoms with E-state index < -0.39 is 21.5 Å².